The molecular weight excluding hydrogens is 479 g/mol. The van der Waals surface area contributed by atoms with E-state index in [0.29, 0.717) is 5.75 Å². The van der Waals surface area contributed by atoms with Crippen molar-refractivity contribution in [3.8, 4) is 11.5 Å². The average molecular weight is 503 g/mol. The molecule has 0 aliphatic carbocycles. The summed E-state index contributed by atoms with van der Waals surface area (Å²) in [4.78, 5) is 24.8. The van der Waals surface area contributed by atoms with E-state index >= 15 is 0 Å². The Hall–Kier alpha value is -4.12. The van der Waals surface area contributed by atoms with Crippen LogP contribution in [0.25, 0.3) is 0 Å². The van der Waals surface area contributed by atoms with Gasteiger partial charge in [0.2, 0.25) is 5.91 Å². The minimum Gasteiger partial charge on any atom is -0.493 e. The Labute approximate surface area is 202 Å². The molecule has 3 rings (SSSR count). The third-order valence-corrected chi connectivity index (χ3v) is 6.72. The highest BCUT2D eigenvalue weighted by Crippen LogP contribution is 2.32. The fraction of sp³-hybridized carbons (Fsp3) is 0.167. The zero-order valence-electron chi connectivity index (χ0n) is 19.1. The maximum atomic E-state index is 13.6. The lowest BCUT2D eigenvalue weighted by molar-refractivity contribution is -0.114. The number of hydrogen-bond acceptors (Lipinski definition) is 7. The van der Waals surface area contributed by atoms with Crippen LogP contribution in [0.5, 0.6) is 11.5 Å². The third kappa shape index (κ3) is 5.69. The van der Waals surface area contributed by atoms with Crippen molar-refractivity contribution in [2.45, 2.75) is 4.90 Å². The van der Waals surface area contributed by atoms with Gasteiger partial charge in [0.15, 0.2) is 11.5 Å². The predicted molar refractivity (Wildman–Crippen MR) is 127 cm³/mol. The number of para-hydroxylation sites is 1. The van der Waals surface area contributed by atoms with Crippen LogP contribution in [0.3, 0.4) is 0 Å². The van der Waals surface area contributed by atoms with Gasteiger partial charge in [-0.1, -0.05) is 12.1 Å². The van der Waals surface area contributed by atoms with Crippen molar-refractivity contribution in [1.29, 1.82) is 0 Å². The summed E-state index contributed by atoms with van der Waals surface area (Å²) in [5.74, 6) is -1.50. The molecule has 0 saturated heterocycles. The molecule has 35 heavy (non-hydrogen) atoms. The number of halogens is 1. The zero-order valence-corrected chi connectivity index (χ0v) is 20.0. The second-order valence-corrected chi connectivity index (χ2v) is 8.95. The number of nitrogens with zero attached hydrogens (tertiary/aromatic N) is 1. The second-order valence-electron chi connectivity index (χ2n) is 7.09. The first-order chi connectivity index (χ1) is 16.7. The number of carbonyl (C=O) groups excluding carboxylic acids is 2. The van der Waals surface area contributed by atoms with Gasteiger partial charge in [-0.05, 0) is 48.5 Å². The van der Waals surface area contributed by atoms with Crippen LogP contribution in [0.15, 0.2) is 71.6 Å². The molecule has 0 saturated carbocycles. The lowest BCUT2D eigenvalue weighted by Crippen LogP contribution is -2.38. The van der Waals surface area contributed by atoms with Crippen molar-refractivity contribution in [3.05, 3.63) is 78.1 Å². The van der Waals surface area contributed by atoms with Crippen molar-refractivity contribution in [2.24, 2.45) is 0 Å². The van der Waals surface area contributed by atoms with Crippen molar-refractivity contribution in [2.75, 3.05) is 37.5 Å². The highest BCUT2D eigenvalue weighted by atomic mass is 32.2. The number of carbonyl (C=O) groups is 2. The van der Waals surface area contributed by atoms with Crippen LogP contribution < -0.4 is 19.1 Å². The molecule has 1 amide bonds. The Morgan fingerprint density at radius 2 is 1.57 bits per heavy atom. The summed E-state index contributed by atoms with van der Waals surface area (Å²) in [6.07, 6.45) is 0. The SMILES string of the molecule is COC(=O)c1ccccc1NC(=O)CN(c1ccc(F)cc1)S(=O)(=O)c1ccc(OC)c(OC)c1. The van der Waals surface area contributed by atoms with E-state index in [1.54, 1.807) is 12.1 Å². The first-order valence-electron chi connectivity index (χ1n) is 10.2. The summed E-state index contributed by atoms with van der Waals surface area (Å²) in [6.45, 7) is -0.669. The predicted octanol–water partition coefficient (Wildman–Crippen LogP) is 3.46. The quantitative estimate of drug-likeness (QED) is 0.446. The second kappa shape index (κ2) is 10.9. The molecule has 3 aromatic carbocycles. The van der Waals surface area contributed by atoms with Gasteiger partial charge in [-0.3, -0.25) is 9.10 Å². The number of methoxy groups -OCH3 is 3. The standard InChI is InChI=1S/C24H23FN2O7S/c1-32-21-13-12-18(14-22(21)33-2)35(30,31)27(17-10-8-16(25)9-11-17)15-23(28)26-20-7-5-4-6-19(20)24(29)34-3/h4-14H,15H2,1-3H3,(H,26,28). The summed E-state index contributed by atoms with van der Waals surface area (Å²) in [6, 6.07) is 14.7. The number of anilines is 2. The lowest BCUT2D eigenvalue weighted by atomic mass is 10.2. The van der Waals surface area contributed by atoms with Crippen molar-refractivity contribution >= 4 is 33.3 Å². The van der Waals surface area contributed by atoms with E-state index in [0.717, 1.165) is 16.4 Å². The summed E-state index contributed by atoms with van der Waals surface area (Å²) < 4.78 is 56.6. The summed E-state index contributed by atoms with van der Waals surface area (Å²) in [5, 5.41) is 2.54. The summed E-state index contributed by atoms with van der Waals surface area (Å²) >= 11 is 0. The van der Waals surface area contributed by atoms with Crippen LogP contribution in [-0.2, 0) is 19.6 Å². The highest BCUT2D eigenvalue weighted by Gasteiger charge is 2.29. The third-order valence-electron chi connectivity index (χ3n) is 4.95. The number of hydrogen-bond donors (Lipinski definition) is 1. The molecule has 0 spiro atoms. The van der Waals surface area contributed by atoms with Gasteiger partial charge >= 0.3 is 5.97 Å². The number of amides is 1. The molecule has 0 radical (unpaired) electrons. The van der Waals surface area contributed by atoms with Crippen LogP contribution >= 0.6 is 0 Å². The van der Waals surface area contributed by atoms with Gasteiger partial charge < -0.3 is 19.5 Å². The van der Waals surface area contributed by atoms with Crippen molar-refractivity contribution < 1.29 is 36.6 Å². The van der Waals surface area contributed by atoms with E-state index < -0.39 is 34.3 Å². The minimum absolute atomic E-state index is 0.0533. The van der Waals surface area contributed by atoms with Gasteiger partial charge in [0.05, 0.1) is 43.2 Å². The van der Waals surface area contributed by atoms with Gasteiger partial charge in [-0.25, -0.2) is 17.6 Å². The minimum atomic E-state index is -4.32. The van der Waals surface area contributed by atoms with Gasteiger partial charge in [0.25, 0.3) is 10.0 Å². The van der Waals surface area contributed by atoms with Crippen LogP contribution in [0.1, 0.15) is 10.4 Å². The first kappa shape index (κ1) is 25.5. The van der Waals surface area contributed by atoms with Gasteiger partial charge in [0.1, 0.15) is 12.4 Å². The molecule has 9 nitrogen and oxygen atoms in total. The number of rotatable bonds is 9. The molecule has 0 heterocycles. The molecule has 0 unspecified atom stereocenters. The van der Waals surface area contributed by atoms with E-state index in [9.17, 15) is 22.4 Å². The molecular formula is C24H23FN2O7S. The zero-order chi connectivity index (χ0) is 25.6. The Balaban J connectivity index is 1.99. The maximum Gasteiger partial charge on any atom is 0.339 e. The van der Waals surface area contributed by atoms with Crippen LogP contribution in [-0.4, -0.2) is 48.2 Å². The monoisotopic (exact) mass is 502 g/mol. The van der Waals surface area contributed by atoms with Crippen LogP contribution in [0, 0.1) is 5.82 Å². The average Bonchev–Trinajstić information content (AvgIpc) is 2.87. The Kier molecular flexibility index (Phi) is 7.92. The number of esters is 1. The van der Waals surface area contributed by atoms with Crippen molar-refractivity contribution in [1.82, 2.24) is 0 Å². The molecule has 184 valence electrons. The first-order valence-corrected chi connectivity index (χ1v) is 11.6. The van der Waals surface area contributed by atoms with Gasteiger partial charge in [0, 0.05) is 6.07 Å². The van der Waals surface area contributed by atoms with Crippen LogP contribution in [0.2, 0.25) is 0 Å². The summed E-state index contributed by atoms with van der Waals surface area (Å²) in [7, 11) is -0.349. The topological polar surface area (TPSA) is 111 Å². The number of benzene rings is 3. The molecule has 11 heteroatoms. The smallest absolute Gasteiger partial charge is 0.339 e. The molecule has 0 aliphatic heterocycles. The number of sulfonamides is 1. The van der Waals surface area contributed by atoms with E-state index in [1.165, 1.54) is 63.8 Å². The normalized spacial score (nSPS) is 10.9. The fourth-order valence-electron chi connectivity index (χ4n) is 3.23. The van der Waals surface area contributed by atoms with E-state index in [1.807, 2.05) is 0 Å². The number of ether oxygens (including phenoxy) is 3. The Morgan fingerprint density at radius 1 is 0.914 bits per heavy atom. The lowest BCUT2D eigenvalue weighted by Gasteiger charge is -2.24. The Bertz CT molecular complexity index is 1330. The largest absolute Gasteiger partial charge is 0.493 e. The Morgan fingerprint density at radius 3 is 2.20 bits per heavy atom. The van der Waals surface area contributed by atoms with Gasteiger partial charge in [-0.15, -0.1) is 0 Å². The van der Waals surface area contributed by atoms with E-state index in [4.69, 9.17) is 14.2 Å². The van der Waals surface area contributed by atoms with Gasteiger partial charge in [-0.2, -0.15) is 0 Å². The van der Waals surface area contributed by atoms with E-state index in [2.05, 4.69) is 5.32 Å². The van der Waals surface area contributed by atoms with Crippen LogP contribution in [0.4, 0.5) is 15.8 Å². The molecule has 0 atom stereocenters. The molecule has 1 N–H and O–H groups in total. The molecule has 0 fully saturated rings. The molecule has 0 bridgehead atoms. The highest BCUT2D eigenvalue weighted by molar-refractivity contribution is 7.92. The molecule has 0 aliphatic rings. The van der Waals surface area contributed by atoms with E-state index in [-0.39, 0.29) is 27.6 Å². The molecule has 3 aromatic rings. The summed E-state index contributed by atoms with van der Waals surface area (Å²) in [5.41, 5.74) is 0.295. The fourth-order valence-corrected chi connectivity index (χ4v) is 4.66. The van der Waals surface area contributed by atoms with Crippen molar-refractivity contribution in [3.63, 3.8) is 0 Å². The molecule has 0 aromatic heterocycles. The maximum absolute atomic E-state index is 13.6. The number of nitrogens with one attached hydrogen (secondary N) is 1.